The van der Waals surface area contributed by atoms with Gasteiger partial charge in [0.2, 0.25) is 0 Å². The van der Waals surface area contributed by atoms with Gasteiger partial charge in [0.25, 0.3) is 0 Å². The van der Waals surface area contributed by atoms with Crippen molar-refractivity contribution in [3.8, 4) is 0 Å². The highest BCUT2D eigenvalue weighted by molar-refractivity contribution is 5.09. The van der Waals surface area contributed by atoms with E-state index in [-0.39, 0.29) is 0 Å². The number of hydrogen-bond donors (Lipinski definition) is 1. The first kappa shape index (κ1) is 15.6. The molecule has 0 aliphatic heterocycles. The maximum atomic E-state index is 4.48. The Hall–Kier alpha value is -0.830. The van der Waals surface area contributed by atoms with Crippen molar-refractivity contribution in [2.45, 2.75) is 77.8 Å². The van der Waals surface area contributed by atoms with Crippen LogP contribution in [-0.4, -0.2) is 16.3 Å². The molecule has 0 saturated heterocycles. The molecule has 1 atom stereocenters. The van der Waals surface area contributed by atoms with Gasteiger partial charge in [0.15, 0.2) is 0 Å². The van der Waals surface area contributed by atoms with E-state index < -0.39 is 0 Å². The molecule has 0 aromatic carbocycles. The maximum absolute atomic E-state index is 4.48. The third-order valence-corrected chi connectivity index (χ3v) is 4.60. The standard InChI is InChI=1S/C17H31N3/c1-3-13-18-17(16-12-14-19-20(16)4-2)15-10-8-6-5-7-9-11-15/h12,14-15,17-18H,3-11,13H2,1-2H3. The molecular formula is C17H31N3. The van der Waals surface area contributed by atoms with Gasteiger partial charge < -0.3 is 5.32 Å². The third-order valence-electron chi connectivity index (χ3n) is 4.60. The van der Waals surface area contributed by atoms with E-state index in [1.807, 2.05) is 6.20 Å². The molecule has 1 fully saturated rings. The minimum absolute atomic E-state index is 0.496. The SMILES string of the molecule is CCCNC(c1ccnn1CC)C1CCCCCCC1. The fourth-order valence-electron chi connectivity index (χ4n) is 3.50. The Morgan fingerprint density at radius 3 is 2.55 bits per heavy atom. The maximum Gasteiger partial charge on any atom is 0.0556 e. The van der Waals surface area contributed by atoms with Crippen LogP contribution in [0.15, 0.2) is 12.3 Å². The van der Waals surface area contributed by atoms with Crippen LogP contribution in [0.1, 0.15) is 76.9 Å². The summed E-state index contributed by atoms with van der Waals surface area (Å²) in [5.74, 6) is 0.781. The van der Waals surface area contributed by atoms with Crippen LogP contribution >= 0.6 is 0 Å². The first-order valence-corrected chi connectivity index (χ1v) is 8.61. The highest BCUT2D eigenvalue weighted by atomic mass is 15.3. The highest BCUT2D eigenvalue weighted by Crippen LogP contribution is 2.33. The Morgan fingerprint density at radius 2 is 1.90 bits per heavy atom. The summed E-state index contributed by atoms with van der Waals surface area (Å²) in [6.07, 6.45) is 13.0. The molecule has 3 heteroatoms. The van der Waals surface area contributed by atoms with Gasteiger partial charge in [-0.2, -0.15) is 5.10 Å². The van der Waals surface area contributed by atoms with Gasteiger partial charge in [-0.25, -0.2) is 0 Å². The molecule has 0 bridgehead atoms. The van der Waals surface area contributed by atoms with Crippen molar-refractivity contribution in [3.63, 3.8) is 0 Å². The number of nitrogens with one attached hydrogen (secondary N) is 1. The van der Waals surface area contributed by atoms with E-state index in [2.05, 4.69) is 35.0 Å². The first-order valence-electron chi connectivity index (χ1n) is 8.61. The topological polar surface area (TPSA) is 29.9 Å². The monoisotopic (exact) mass is 277 g/mol. The Kier molecular flexibility index (Phi) is 6.58. The average Bonchev–Trinajstić information content (AvgIpc) is 2.89. The lowest BCUT2D eigenvalue weighted by Crippen LogP contribution is -2.31. The number of rotatable bonds is 6. The molecule has 0 amide bonds. The second-order valence-electron chi connectivity index (χ2n) is 6.11. The van der Waals surface area contributed by atoms with E-state index in [9.17, 15) is 0 Å². The molecule has 3 nitrogen and oxygen atoms in total. The smallest absolute Gasteiger partial charge is 0.0556 e. The van der Waals surface area contributed by atoms with Crippen molar-refractivity contribution >= 4 is 0 Å². The van der Waals surface area contributed by atoms with Crippen LogP contribution in [0.25, 0.3) is 0 Å². The molecule has 114 valence electrons. The lowest BCUT2D eigenvalue weighted by Gasteiger charge is -2.30. The molecule has 1 aromatic rings. The molecule has 20 heavy (non-hydrogen) atoms. The molecule has 1 heterocycles. The van der Waals surface area contributed by atoms with E-state index in [1.54, 1.807) is 0 Å². The third kappa shape index (κ3) is 4.08. The van der Waals surface area contributed by atoms with Crippen LogP contribution in [0, 0.1) is 5.92 Å². The van der Waals surface area contributed by atoms with Gasteiger partial charge in [-0.15, -0.1) is 0 Å². The fourth-order valence-corrected chi connectivity index (χ4v) is 3.50. The van der Waals surface area contributed by atoms with Crippen molar-refractivity contribution in [1.29, 1.82) is 0 Å². The minimum Gasteiger partial charge on any atom is -0.308 e. The minimum atomic E-state index is 0.496. The van der Waals surface area contributed by atoms with Crippen LogP contribution in [-0.2, 0) is 6.54 Å². The molecule has 1 aliphatic carbocycles. The average molecular weight is 277 g/mol. The summed E-state index contributed by atoms with van der Waals surface area (Å²) in [4.78, 5) is 0. The molecule has 1 unspecified atom stereocenters. The number of aromatic nitrogens is 2. The second-order valence-corrected chi connectivity index (χ2v) is 6.11. The normalized spacial score (nSPS) is 19.5. The zero-order valence-corrected chi connectivity index (χ0v) is 13.3. The lowest BCUT2D eigenvalue weighted by molar-refractivity contribution is 0.277. The molecule has 1 N–H and O–H groups in total. The van der Waals surface area contributed by atoms with E-state index in [0.29, 0.717) is 6.04 Å². The zero-order chi connectivity index (χ0) is 14.2. The van der Waals surface area contributed by atoms with Gasteiger partial charge in [0.05, 0.1) is 11.7 Å². The van der Waals surface area contributed by atoms with E-state index in [0.717, 1.165) is 19.0 Å². The van der Waals surface area contributed by atoms with Gasteiger partial charge in [0, 0.05) is 12.7 Å². The van der Waals surface area contributed by atoms with Gasteiger partial charge in [-0.1, -0.05) is 39.0 Å². The van der Waals surface area contributed by atoms with Crippen LogP contribution < -0.4 is 5.32 Å². The van der Waals surface area contributed by atoms with E-state index in [1.165, 1.54) is 57.1 Å². The largest absolute Gasteiger partial charge is 0.308 e. The van der Waals surface area contributed by atoms with Crippen molar-refractivity contribution in [2.24, 2.45) is 5.92 Å². The second kappa shape index (κ2) is 8.46. The Bertz CT molecular complexity index is 364. The van der Waals surface area contributed by atoms with Crippen molar-refractivity contribution in [2.75, 3.05) is 6.54 Å². The van der Waals surface area contributed by atoms with Crippen LogP contribution in [0.3, 0.4) is 0 Å². The van der Waals surface area contributed by atoms with E-state index >= 15 is 0 Å². The van der Waals surface area contributed by atoms with Crippen LogP contribution in [0.2, 0.25) is 0 Å². The van der Waals surface area contributed by atoms with Crippen molar-refractivity contribution in [1.82, 2.24) is 15.1 Å². The van der Waals surface area contributed by atoms with Gasteiger partial charge in [-0.3, -0.25) is 4.68 Å². The summed E-state index contributed by atoms with van der Waals surface area (Å²) in [6, 6.07) is 2.71. The summed E-state index contributed by atoms with van der Waals surface area (Å²) in [5, 5.41) is 8.28. The van der Waals surface area contributed by atoms with Crippen molar-refractivity contribution < 1.29 is 0 Å². The molecule has 2 rings (SSSR count). The number of aryl methyl sites for hydroxylation is 1. The van der Waals surface area contributed by atoms with Gasteiger partial charge in [-0.05, 0) is 44.7 Å². The molecule has 1 aromatic heterocycles. The quantitative estimate of drug-likeness (QED) is 0.840. The summed E-state index contributed by atoms with van der Waals surface area (Å²) < 4.78 is 2.17. The summed E-state index contributed by atoms with van der Waals surface area (Å²) in [7, 11) is 0. The first-order chi connectivity index (χ1) is 9.86. The molecule has 1 saturated carbocycles. The Balaban J connectivity index is 2.12. The molecule has 1 aliphatic rings. The van der Waals surface area contributed by atoms with E-state index in [4.69, 9.17) is 0 Å². The Morgan fingerprint density at radius 1 is 1.20 bits per heavy atom. The Labute approximate surface area is 124 Å². The van der Waals surface area contributed by atoms with Gasteiger partial charge in [0.1, 0.15) is 0 Å². The fraction of sp³-hybridized carbons (Fsp3) is 0.824. The highest BCUT2D eigenvalue weighted by Gasteiger charge is 2.25. The van der Waals surface area contributed by atoms with Crippen LogP contribution in [0.5, 0.6) is 0 Å². The zero-order valence-electron chi connectivity index (χ0n) is 13.3. The van der Waals surface area contributed by atoms with Gasteiger partial charge >= 0.3 is 0 Å². The predicted octanol–water partition coefficient (Wildman–Crippen LogP) is 4.30. The predicted molar refractivity (Wildman–Crippen MR) is 84.7 cm³/mol. The molecular weight excluding hydrogens is 246 g/mol. The number of hydrogen-bond acceptors (Lipinski definition) is 2. The number of nitrogens with zero attached hydrogens (tertiary/aromatic N) is 2. The lowest BCUT2D eigenvalue weighted by atomic mass is 9.84. The molecule has 0 spiro atoms. The summed E-state index contributed by atoms with van der Waals surface area (Å²) in [5.41, 5.74) is 1.39. The molecule has 0 radical (unpaired) electrons. The summed E-state index contributed by atoms with van der Waals surface area (Å²) >= 11 is 0. The van der Waals surface area contributed by atoms with Crippen LogP contribution in [0.4, 0.5) is 0 Å². The van der Waals surface area contributed by atoms with Crippen molar-refractivity contribution in [3.05, 3.63) is 18.0 Å². The summed E-state index contributed by atoms with van der Waals surface area (Å²) in [6.45, 7) is 6.51.